The van der Waals surface area contributed by atoms with Gasteiger partial charge in [-0.2, -0.15) is 4.98 Å². The van der Waals surface area contributed by atoms with Gasteiger partial charge in [-0.15, -0.1) is 5.10 Å². The number of hydrogen-bond donors (Lipinski definition) is 1. The third-order valence-electron chi connectivity index (χ3n) is 5.46. The number of benzene rings is 4. The first-order valence-corrected chi connectivity index (χ1v) is 11.2. The van der Waals surface area contributed by atoms with Gasteiger partial charge in [0.15, 0.2) is 5.82 Å². The molecule has 0 saturated heterocycles. The second kappa shape index (κ2) is 10.4. The van der Waals surface area contributed by atoms with E-state index in [1.54, 1.807) is 54.6 Å². The molecule has 0 aliphatic carbocycles. The SMILES string of the molecule is O=C(Nc1ccc(-n2nc(OCc3ccc(F)cc3)nc2-c2ccccc2F)cc1)c1ccc(F)cc1. The van der Waals surface area contributed by atoms with Crippen LogP contribution in [0, 0.1) is 17.5 Å². The number of ether oxygens (including phenoxy) is 1. The molecule has 9 heteroatoms. The van der Waals surface area contributed by atoms with Gasteiger partial charge in [-0.3, -0.25) is 4.79 Å². The maximum Gasteiger partial charge on any atom is 0.336 e. The van der Waals surface area contributed by atoms with E-state index in [9.17, 15) is 18.0 Å². The zero-order valence-corrected chi connectivity index (χ0v) is 19.2. The van der Waals surface area contributed by atoms with Gasteiger partial charge in [0.2, 0.25) is 0 Å². The lowest BCUT2D eigenvalue weighted by Gasteiger charge is -2.09. The highest BCUT2D eigenvalue weighted by atomic mass is 19.1. The third-order valence-corrected chi connectivity index (χ3v) is 5.46. The molecule has 4 aromatic carbocycles. The van der Waals surface area contributed by atoms with Gasteiger partial charge < -0.3 is 10.1 Å². The van der Waals surface area contributed by atoms with E-state index in [-0.39, 0.29) is 29.8 Å². The van der Waals surface area contributed by atoms with Gasteiger partial charge in [-0.1, -0.05) is 24.3 Å². The zero-order valence-electron chi connectivity index (χ0n) is 19.2. The smallest absolute Gasteiger partial charge is 0.336 e. The van der Waals surface area contributed by atoms with Crippen molar-refractivity contribution in [2.24, 2.45) is 0 Å². The van der Waals surface area contributed by atoms with Crippen LogP contribution in [0.4, 0.5) is 18.9 Å². The minimum Gasteiger partial charge on any atom is -0.457 e. The molecule has 5 rings (SSSR count). The Morgan fingerprint density at radius 1 is 0.811 bits per heavy atom. The van der Waals surface area contributed by atoms with E-state index in [0.29, 0.717) is 22.5 Å². The zero-order chi connectivity index (χ0) is 25.8. The molecule has 0 spiro atoms. The van der Waals surface area contributed by atoms with Crippen molar-refractivity contribution in [2.75, 3.05) is 5.32 Å². The number of halogens is 3. The van der Waals surface area contributed by atoms with Gasteiger partial charge in [0.05, 0.1) is 11.3 Å². The van der Waals surface area contributed by atoms with Crippen LogP contribution in [-0.4, -0.2) is 20.7 Å². The number of anilines is 1. The molecule has 184 valence electrons. The minimum absolute atomic E-state index is 0.0104. The summed E-state index contributed by atoms with van der Waals surface area (Å²) in [7, 11) is 0. The Kier molecular flexibility index (Phi) is 6.67. The molecule has 0 bridgehead atoms. The van der Waals surface area contributed by atoms with Crippen LogP contribution >= 0.6 is 0 Å². The number of hydrogen-bond acceptors (Lipinski definition) is 4. The molecule has 0 saturated carbocycles. The van der Waals surface area contributed by atoms with Crippen LogP contribution in [-0.2, 0) is 6.61 Å². The highest BCUT2D eigenvalue weighted by Gasteiger charge is 2.18. The fourth-order valence-corrected chi connectivity index (χ4v) is 3.57. The molecule has 0 aliphatic rings. The van der Waals surface area contributed by atoms with Crippen molar-refractivity contribution in [1.29, 1.82) is 0 Å². The predicted octanol–water partition coefficient (Wildman–Crippen LogP) is 6.18. The van der Waals surface area contributed by atoms with Crippen LogP contribution in [0.2, 0.25) is 0 Å². The molecule has 1 heterocycles. The summed E-state index contributed by atoms with van der Waals surface area (Å²) in [4.78, 5) is 16.8. The summed E-state index contributed by atoms with van der Waals surface area (Å²) in [5.41, 5.74) is 2.29. The van der Waals surface area contributed by atoms with E-state index in [2.05, 4.69) is 15.4 Å². The first-order chi connectivity index (χ1) is 18.0. The number of nitrogens with one attached hydrogen (secondary N) is 1. The monoisotopic (exact) mass is 500 g/mol. The summed E-state index contributed by atoms with van der Waals surface area (Å²) in [6.07, 6.45) is 0. The Bertz CT molecular complexity index is 1530. The van der Waals surface area contributed by atoms with Gasteiger partial charge in [0, 0.05) is 11.3 Å². The Balaban J connectivity index is 1.41. The molecule has 0 aliphatic heterocycles. The van der Waals surface area contributed by atoms with Gasteiger partial charge in [-0.25, -0.2) is 17.9 Å². The fourth-order valence-electron chi connectivity index (χ4n) is 3.57. The summed E-state index contributed by atoms with van der Waals surface area (Å²) in [5.74, 6) is -1.44. The van der Waals surface area contributed by atoms with E-state index in [4.69, 9.17) is 4.74 Å². The van der Waals surface area contributed by atoms with Crippen molar-refractivity contribution in [3.8, 4) is 23.1 Å². The molecule has 1 N–H and O–H groups in total. The van der Waals surface area contributed by atoms with Gasteiger partial charge in [-0.05, 0) is 78.4 Å². The highest BCUT2D eigenvalue weighted by molar-refractivity contribution is 6.04. The quantitative estimate of drug-likeness (QED) is 0.290. The molecule has 0 atom stereocenters. The summed E-state index contributed by atoms with van der Waals surface area (Å²) < 4.78 is 48.1. The number of carbonyl (C=O) groups is 1. The Morgan fingerprint density at radius 3 is 2.14 bits per heavy atom. The van der Waals surface area contributed by atoms with Crippen LogP contribution in [0.5, 0.6) is 6.01 Å². The predicted molar refractivity (Wildman–Crippen MR) is 132 cm³/mol. The molecule has 0 fully saturated rings. The standard InChI is InChI=1S/C28H19F3N4O2/c29-20-9-5-18(6-10-20)17-37-28-33-26(24-3-1-2-4-25(24)31)35(34-28)23-15-13-22(14-16-23)32-27(36)19-7-11-21(30)12-8-19/h1-16H,17H2,(H,32,36). The summed E-state index contributed by atoms with van der Waals surface area (Å²) in [5, 5.41) is 7.14. The minimum atomic E-state index is -0.482. The van der Waals surface area contributed by atoms with Crippen molar-refractivity contribution in [1.82, 2.24) is 14.8 Å². The van der Waals surface area contributed by atoms with Crippen molar-refractivity contribution < 1.29 is 22.7 Å². The van der Waals surface area contributed by atoms with Gasteiger partial charge >= 0.3 is 6.01 Å². The Morgan fingerprint density at radius 2 is 1.46 bits per heavy atom. The topological polar surface area (TPSA) is 69.0 Å². The van der Waals surface area contributed by atoms with E-state index in [0.717, 1.165) is 0 Å². The first kappa shape index (κ1) is 23.8. The number of carbonyl (C=O) groups excluding carboxylic acids is 1. The fraction of sp³-hybridized carbons (Fsp3) is 0.0357. The van der Waals surface area contributed by atoms with E-state index < -0.39 is 17.5 Å². The number of nitrogens with zero attached hydrogens (tertiary/aromatic N) is 3. The van der Waals surface area contributed by atoms with Crippen molar-refractivity contribution in [3.05, 3.63) is 126 Å². The van der Waals surface area contributed by atoms with Crippen LogP contribution in [0.15, 0.2) is 97.1 Å². The van der Waals surface area contributed by atoms with Crippen LogP contribution in [0.1, 0.15) is 15.9 Å². The lowest BCUT2D eigenvalue weighted by molar-refractivity contribution is 0.102. The maximum absolute atomic E-state index is 14.6. The molecular weight excluding hydrogens is 481 g/mol. The largest absolute Gasteiger partial charge is 0.457 e. The Hall–Kier alpha value is -4.92. The third kappa shape index (κ3) is 5.51. The molecule has 37 heavy (non-hydrogen) atoms. The summed E-state index contributed by atoms with van der Waals surface area (Å²) in [6, 6.07) is 23.9. The average molecular weight is 500 g/mol. The van der Waals surface area contributed by atoms with Crippen LogP contribution < -0.4 is 10.1 Å². The van der Waals surface area contributed by atoms with Crippen LogP contribution in [0.3, 0.4) is 0 Å². The Labute approximate surface area is 210 Å². The second-order valence-electron chi connectivity index (χ2n) is 8.03. The molecule has 6 nitrogen and oxygen atoms in total. The molecule has 0 radical (unpaired) electrons. The van der Waals surface area contributed by atoms with Gasteiger partial charge in [0.1, 0.15) is 24.1 Å². The van der Waals surface area contributed by atoms with E-state index in [1.165, 1.54) is 47.1 Å². The molecule has 1 amide bonds. The number of amides is 1. The van der Waals surface area contributed by atoms with Gasteiger partial charge in [0.25, 0.3) is 5.91 Å². The normalized spacial score (nSPS) is 10.8. The van der Waals surface area contributed by atoms with E-state index in [1.807, 2.05) is 0 Å². The molecular formula is C28H19F3N4O2. The maximum atomic E-state index is 14.6. The van der Waals surface area contributed by atoms with E-state index >= 15 is 0 Å². The molecule has 0 unspecified atom stereocenters. The number of aromatic nitrogens is 3. The number of rotatable bonds is 7. The lowest BCUT2D eigenvalue weighted by atomic mass is 10.2. The van der Waals surface area contributed by atoms with Crippen LogP contribution in [0.25, 0.3) is 17.1 Å². The molecule has 5 aromatic rings. The summed E-state index contributed by atoms with van der Waals surface area (Å²) >= 11 is 0. The highest BCUT2D eigenvalue weighted by Crippen LogP contribution is 2.27. The summed E-state index contributed by atoms with van der Waals surface area (Å²) in [6.45, 7) is 0.0926. The average Bonchev–Trinajstić information content (AvgIpc) is 3.33. The van der Waals surface area contributed by atoms with Crippen molar-refractivity contribution in [3.63, 3.8) is 0 Å². The lowest BCUT2D eigenvalue weighted by Crippen LogP contribution is -2.12. The molecule has 1 aromatic heterocycles. The second-order valence-corrected chi connectivity index (χ2v) is 8.03. The van der Waals surface area contributed by atoms with Crippen molar-refractivity contribution >= 4 is 11.6 Å². The first-order valence-electron chi connectivity index (χ1n) is 11.2. The van der Waals surface area contributed by atoms with Crippen molar-refractivity contribution in [2.45, 2.75) is 6.61 Å².